The molecule has 40 heavy (non-hydrogen) atoms. The molecule has 0 saturated heterocycles. The Kier molecular flexibility index (Phi) is 8.07. The second-order valence-corrected chi connectivity index (χ2v) is 9.85. The first kappa shape index (κ1) is 26.9. The van der Waals surface area contributed by atoms with Crippen molar-refractivity contribution in [2.75, 3.05) is 20.3 Å². The molecule has 3 aromatic carbocycles. The van der Waals surface area contributed by atoms with Gasteiger partial charge in [0, 0.05) is 11.1 Å². The molecule has 0 radical (unpaired) electrons. The Morgan fingerprint density at radius 1 is 1.05 bits per heavy atom. The van der Waals surface area contributed by atoms with Crippen molar-refractivity contribution in [2.45, 2.75) is 13.0 Å². The minimum Gasteiger partial charge on any atom is -0.497 e. The van der Waals surface area contributed by atoms with Gasteiger partial charge in [-0.2, -0.15) is 0 Å². The molecule has 1 aliphatic rings. The van der Waals surface area contributed by atoms with E-state index >= 15 is 0 Å². The highest BCUT2D eigenvalue weighted by molar-refractivity contribution is 7.07. The monoisotopic (exact) mass is 552 g/mol. The van der Waals surface area contributed by atoms with Gasteiger partial charge in [0.1, 0.15) is 18.1 Å². The summed E-state index contributed by atoms with van der Waals surface area (Å²) in [6.07, 6.45) is 3.46. The number of hydrogen-bond acceptors (Lipinski definition) is 7. The van der Waals surface area contributed by atoms with Crippen LogP contribution < -0.4 is 24.4 Å². The predicted molar refractivity (Wildman–Crippen MR) is 156 cm³/mol. The summed E-state index contributed by atoms with van der Waals surface area (Å²) < 4.78 is 18.7. The van der Waals surface area contributed by atoms with E-state index in [-0.39, 0.29) is 12.2 Å². The van der Waals surface area contributed by atoms with E-state index in [1.54, 1.807) is 30.8 Å². The largest absolute Gasteiger partial charge is 0.497 e. The number of nitrogens with zero attached hydrogens (tertiary/aromatic N) is 2. The molecule has 1 atom stereocenters. The van der Waals surface area contributed by atoms with E-state index in [1.165, 1.54) is 11.3 Å². The smallest absolute Gasteiger partial charge is 0.338 e. The number of esters is 1. The van der Waals surface area contributed by atoms with Gasteiger partial charge in [-0.1, -0.05) is 84.7 Å². The van der Waals surface area contributed by atoms with Crippen molar-refractivity contribution in [1.82, 2.24) is 4.57 Å². The van der Waals surface area contributed by atoms with Gasteiger partial charge >= 0.3 is 5.97 Å². The molecule has 5 rings (SSSR count). The van der Waals surface area contributed by atoms with Gasteiger partial charge in [-0.25, -0.2) is 9.79 Å². The van der Waals surface area contributed by atoms with E-state index < -0.39 is 12.0 Å². The zero-order chi connectivity index (χ0) is 28.1. The summed E-state index contributed by atoms with van der Waals surface area (Å²) in [7, 11) is 1.59. The van der Waals surface area contributed by atoms with Crippen LogP contribution in [0.1, 0.15) is 29.7 Å². The number of methoxy groups -OCH3 is 1. The third kappa shape index (κ3) is 5.26. The summed E-state index contributed by atoms with van der Waals surface area (Å²) in [5.74, 6) is 0.776. The van der Waals surface area contributed by atoms with Gasteiger partial charge in [0.25, 0.3) is 5.56 Å². The molecule has 0 unspecified atom stereocenters. The van der Waals surface area contributed by atoms with Crippen molar-refractivity contribution in [3.63, 3.8) is 0 Å². The standard InChI is InChI=1S/C32H28N2O5S/c1-4-19-39-25-14-10-9-13-23(25)20-26-30(35)34-29(22-15-17-24(37-3)18-16-22)27(31(36)38-5-2)28(33-32(34)40-26)21-11-7-6-8-12-21/h4,6-18,20,29H,1,5,19H2,2-3H3/b26-20+/t29-/m0/s1. The Labute approximate surface area is 235 Å². The Morgan fingerprint density at radius 3 is 2.48 bits per heavy atom. The van der Waals surface area contributed by atoms with Crippen LogP contribution in [0.15, 0.2) is 107 Å². The summed E-state index contributed by atoms with van der Waals surface area (Å²) in [4.78, 5) is 32.9. The normalized spacial score (nSPS) is 14.8. The number of rotatable bonds is 9. The summed E-state index contributed by atoms with van der Waals surface area (Å²) >= 11 is 1.26. The average Bonchev–Trinajstić information content (AvgIpc) is 3.30. The number of benzene rings is 3. The first-order valence-corrected chi connectivity index (χ1v) is 13.6. The summed E-state index contributed by atoms with van der Waals surface area (Å²) in [6, 6.07) is 23.5. The van der Waals surface area contributed by atoms with Crippen LogP contribution in [-0.2, 0) is 9.53 Å². The Balaban J connectivity index is 1.79. The molecule has 0 amide bonds. The van der Waals surface area contributed by atoms with Gasteiger partial charge in [0.05, 0.1) is 35.6 Å². The maximum Gasteiger partial charge on any atom is 0.338 e. The van der Waals surface area contributed by atoms with E-state index in [9.17, 15) is 9.59 Å². The number of para-hydroxylation sites is 1. The molecule has 0 aliphatic carbocycles. The van der Waals surface area contributed by atoms with E-state index in [0.29, 0.717) is 38.7 Å². The van der Waals surface area contributed by atoms with Crippen LogP contribution in [0.3, 0.4) is 0 Å². The third-order valence-corrected chi connectivity index (χ3v) is 7.35. The van der Waals surface area contributed by atoms with E-state index in [4.69, 9.17) is 19.2 Å². The molecule has 1 aromatic heterocycles. The van der Waals surface area contributed by atoms with Gasteiger partial charge in [-0.05, 0) is 36.8 Å². The maximum absolute atomic E-state index is 14.0. The number of carbonyl (C=O) groups excluding carboxylic acids is 1. The lowest BCUT2D eigenvalue weighted by molar-refractivity contribution is -0.138. The summed E-state index contributed by atoms with van der Waals surface area (Å²) in [6.45, 7) is 5.99. The van der Waals surface area contributed by atoms with Crippen molar-refractivity contribution < 1.29 is 19.0 Å². The Hall–Kier alpha value is -4.69. The quantitative estimate of drug-likeness (QED) is 0.226. The van der Waals surface area contributed by atoms with Crippen LogP contribution in [0.25, 0.3) is 11.8 Å². The first-order valence-electron chi connectivity index (χ1n) is 12.8. The Morgan fingerprint density at radius 2 is 1.77 bits per heavy atom. The molecule has 202 valence electrons. The molecule has 0 spiro atoms. The number of ether oxygens (including phenoxy) is 3. The lowest BCUT2D eigenvalue weighted by Gasteiger charge is -2.26. The first-order chi connectivity index (χ1) is 19.5. The maximum atomic E-state index is 14.0. The Bertz CT molecular complexity index is 1750. The van der Waals surface area contributed by atoms with Crippen molar-refractivity contribution in [1.29, 1.82) is 0 Å². The topological polar surface area (TPSA) is 79.1 Å². The molecular weight excluding hydrogens is 524 g/mol. The van der Waals surface area contributed by atoms with E-state index in [0.717, 1.165) is 16.7 Å². The van der Waals surface area contributed by atoms with Gasteiger partial charge < -0.3 is 14.2 Å². The fourth-order valence-corrected chi connectivity index (χ4v) is 5.55. The highest BCUT2D eigenvalue weighted by Crippen LogP contribution is 2.35. The zero-order valence-corrected chi connectivity index (χ0v) is 23.0. The number of carbonyl (C=O) groups is 1. The van der Waals surface area contributed by atoms with Gasteiger partial charge in [0.2, 0.25) is 0 Å². The highest BCUT2D eigenvalue weighted by Gasteiger charge is 2.35. The molecule has 7 nitrogen and oxygen atoms in total. The highest BCUT2D eigenvalue weighted by atomic mass is 32.1. The van der Waals surface area contributed by atoms with Crippen molar-refractivity contribution in [3.05, 3.63) is 133 Å². The number of aromatic nitrogens is 1. The molecular formula is C32H28N2O5S. The van der Waals surface area contributed by atoms with E-state index in [1.807, 2.05) is 78.9 Å². The summed E-state index contributed by atoms with van der Waals surface area (Å²) in [5.41, 5.74) is 2.74. The number of thiazole rings is 1. The van der Waals surface area contributed by atoms with Crippen LogP contribution in [0, 0.1) is 0 Å². The van der Waals surface area contributed by atoms with Crippen LogP contribution in [0.4, 0.5) is 0 Å². The molecule has 4 aromatic rings. The zero-order valence-electron chi connectivity index (χ0n) is 22.2. The van der Waals surface area contributed by atoms with Crippen LogP contribution in [-0.4, -0.2) is 30.9 Å². The minimum absolute atomic E-state index is 0.186. The van der Waals surface area contributed by atoms with E-state index in [2.05, 4.69) is 6.58 Å². The van der Waals surface area contributed by atoms with Crippen LogP contribution in [0.2, 0.25) is 0 Å². The second-order valence-electron chi connectivity index (χ2n) is 8.84. The average molecular weight is 553 g/mol. The molecule has 8 heteroatoms. The number of hydrogen-bond donors (Lipinski definition) is 0. The molecule has 0 N–H and O–H groups in total. The summed E-state index contributed by atoms with van der Waals surface area (Å²) in [5, 5.41) is 0. The fraction of sp³-hybridized carbons (Fsp3) is 0.156. The third-order valence-electron chi connectivity index (χ3n) is 6.37. The second kappa shape index (κ2) is 12.0. The van der Waals surface area contributed by atoms with Crippen LogP contribution >= 0.6 is 11.3 Å². The lowest BCUT2D eigenvalue weighted by Crippen LogP contribution is -2.40. The van der Waals surface area contributed by atoms with Gasteiger partial charge in [-0.15, -0.1) is 0 Å². The molecule has 2 heterocycles. The SMILES string of the molecule is C=CCOc1ccccc1/C=c1/sc2n(c1=O)[C@@H](c1ccc(OC)cc1)C(C(=O)OCC)=C(c1ccccc1)N=2. The lowest BCUT2D eigenvalue weighted by atomic mass is 9.93. The van der Waals surface area contributed by atoms with Crippen molar-refractivity contribution in [3.8, 4) is 11.5 Å². The van der Waals surface area contributed by atoms with Crippen molar-refractivity contribution in [2.24, 2.45) is 4.99 Å². The fourth-order valence-electron chi connectivity index (χ4n) is 4.56. The molecule has 0 fully saturated rings. The van der Waals surface area contributed by atoms with Crippen LogP contribution in [0.5, 0.6) is 11.5 Å². The van der Waals surface area contributed by atoms with Gasteiger partial charge in [-0.3, -0.25) is 9.36 Å². The molecule has 0 saturated carbocycles. The predicted octanol–water partition coefficient (Wildman–Crippen LogP) is 4.51. The number of fused-ring (bicyclic) bond motifs is 1. The van der Waals surface area contributed by atoms with Gasteiger partial charge in [0.15, 0.2) is 4.80 Å². The minimum atomic E-state index is -0.758. The molecule has 0 bridgehead atoms. The van der Waals surface area contributed by atoms with Crippen molar-refractivity contribution >= 4 is 29.1 Å². The molecule has 1 aliphatic heterocycles.